The number of anilines is 1. The number of hydrogen-bond donors (Lipinski definition) is 1. The molecule has 5 nitrogen and oxygen atoms in total. The van der Waals surface area contributed by atoms with Crippen molar-refractivity contribution < 1.29 is 4.74 Å². The van der Waals surface area contributed by atoms with Crippen molar-refractivity contribution in [2.75, 3.05) is 11.9 Å². The highest BCUT2D eigenvalue weighted by Crippen LogP contribution is 2.16. The third-order valence-electron chi connectivity index (χ3n) is 2.91. The number of nitrogens with one attached hydrogen (secondary N) is 1. The molecule has 5 heteroatoms. The second kappa shape index (κ2) is 7.53. The van der Waals surface area contributed by atoms with Crippen LogP contribution in [-0.4, -0.2) is 21.4 Å². The van der Waals surface area contributed by atoms with Gasteiger partial charge in [0.05, 0.1) is 13.2 Å². The molecule has 1 aromatic carbocycles. The van der Waals surface area contributed by atoms with Gasteiger partial charge in [-0.05, 0) is 37.1 Å². The summed E-state index contributed by atoms with van der Waals surface area (Å²) in [6, 6.07) is 8.00. The van der Waals surface area contributed by atoms with Gasteiger partial charge in [0.2, 0.25) is 0 Å². The number of benzene rings is 1. The first-order valence-electron chi connectivity index (χ1n) is 7.17. The highest BCUT2D eigenvalue weighted by atomic mass is 16.5. The Hall–Kier alpha value is -2.04. The molecule has 0 saturated heterocycles. The van der Waals surface area contributed by atoms with Crippen molar-refractivity contribution in [3.8, 4) is 5.75 Å². The van der Waals surface area contributed by atoms with Gasteiger partial charge in [0.25, 0.3) is 0 Å². The molecule has 0 amide bonds. The van der Waals surface area contributed by atoms with Gasteiger partial charge in [-0.2, -0.15) is 5.10 Å². The molecule has 0 unspecified atom stereocenters. The quantitative estimate of drug-likeness (QED) is 0.803. The fourth-order valence-electron chi connectivity index (χ4n) is 1.89. The van der Waals surface area contributed by atoms with E-state index in [-0.39, 0.29) is 0 Å². The van der Waals surface area contributed by atoms with E-state index in [0.29, 0.717) is 6.54 Å². The maximum absolute atomic E-state index is 5.56. The number of rotatable bonds is 8. The zero-order valence-corrected chi connectivity index (χ0v) is 12.2. The van der Waals surface area contributed by atoms with E-state index in [1.807, 2.05) is 28.9 Å². The van der Waals surface area contributed by atoms with Crippen molar-refractivity contribution in [1.29, 1.82) is 0 Å². The van der Waals surface area contributed by atoms with Crippen LogP contribution in [0.15, 0.2) is 30.6 Å². The first-order valence-corrected chi connectivity index (χ1v) is 7.17. The summed E-state index contributed by atoms with van der Waals surface area (Å²) in [5.74, 6) is 1.87. The molecule has 0 saturated carbocycles. The zero-order chi connectivity index (χ0) is 14.2. The maximum Gasteiger partial charge on any atom is 0.146 e. The van der Waals surface area contributed by atoms with Crippen LogP contribution in [0.1, 0.15) is 32.5 Å². The minimum absolute atomic E-state index is 0.676. The number of nitrogens with zero attached hydrogens (tertiary/aromatic N) is 3. The van der Waals surface area contributed by atoms with Gasteiger partial charge in [0, 0.05) is 12.2 Å². The van der Waals surface area contributed by atoms with Crippen LogP contribution in [0, 0.1) is 0 Å². The van der Waals surface area contributed by atoms with E-state index >= 15 is 0 Å². The summed E-state index contributed by atoms with van der Waals surface area (Å²) in [7, 11) is 0. The fraction of sp³-hybridized carbons (Fsp3) is 0.467. The average Bonchev–Trinajstić information content (AvgIpc) is 2.92. The predicted molar refractivity (Wildman–Crippen MR) is 79.9 cm³/mol. The number of aryl methyl sites for hydroxylation is 1. The van der Waals surface area contributed by atoms with Crippen LogP contribution in [-0.2, 0) is 13.1 Å². The van der Waals surface area contributed by atoms with E-state index in [4.69, 9.17) is 4.74 Å². The monoisotopic (exact) mass is 274 g/mol. The SMILES string of the molecule is CCCOc1ccc(NCc2ncnn2CCC)cc1. The molecule has 2 rings (SSSR count). The second-order valence-corrected chi connectivity index (χ2v) is 4.63. The maximum atomic E-state index is 5.56. The summed E-state index contributed by atoms with van der Waals surface area (Å²) in [5.41, 5.74) is 1.06. The van der Waals surface area contributed by atoms with Crippen LogP contribution in [0.2, 0.25) is 0 Å². The van der Waals surface area contributed by atoms with Crippen LogP contribution in [0.5, 0.6) is 5.75 Å². The standard InChI is InChI=1S/C15H22N4O/c1-3-9-19-15(17-12-18-19)11-16-13-5-7-14(8-6-13)20-10-4-2/h5-8,12,16H,3-4,9-11H2,1-2H3. The molecule has 1 N–H and O–H groups in total. The van der Waals surface area contributed by atoms with E-state index in [1.165, 1.54) is 0 Å². The van der Waals surface area contributed by atoms with E-state index in [0.717, 1.165) is 43.3 Å². The van der Waals surface area contributed by atoms with Crippen molar-refractivity contribution in [3.63, 3.8) is 0 Å². The molecule has 20 heavy (non-hydrogen) atoms. The van der Waals surface area contributed by atoms with Crippen molar-refractivity contribution in [1.82, 2.24) is 14.8 Å². The van der Waals surface area contributed by atoms with Crippen molar-refractivity contribution >= 4 is 5.69 Å². The third-order valence-corrected chi connectivity index (χ3v) is 2.91. The summed E-state index contributed by atoms with van der Waals surface area (Å²) in [4.78, 5) is 4.27. The van der Waals surface area contributed by atoms with Gasteiger partial charge in [0.1, 0.15) is 17.9 Å². The highest BCUT2D eigenvalue weighted by molar-refractivity contribution is 5.46. The largest absolute Gasteiger partial charge is 0.494 e. The van der Waals surface area contributed by atoms with Crippen LogP contribution >= 0.6 is 0 Å². The predicted octanol–water partition coefficient (Wildman–Crippen LogP) is 3.09. The van der Waals surface area contributed by atoms with Gasteiger partial charge in [-0.1, -0.05) is 13.8 Å². The lowest BCUT2D eigenvalue weighted by molar-refractivity contribution is 0.317. The van der Waals surface area contributed by atoms with Crippen LogP contribution in [0.3, 0.4) is 0 Å². The molecule has 0 atom stereocenters. The van der Waals surface area contributed by atoms with Crippen molar-refractivity contribution in [2.24, 2.45) is 0 Å². The number of aromatic nitrogens is 3. The Morgan fingerprint density at radius 1 is 1.15 bits per heavy atom. The number of ether oxygens (including phenoxy) is 1. The molecule has 1 aromatic heterocycles. The molecule has 0 bridgehead atoms. The van der Waals surface area contributed by atoms with Crippen LogP contribution in [0.25, 0.3) is 0 Å². The topological polar surface area (TPSA) is 52.0 Å². The molecule has 108 valence electrons. The van der Waals surface area contributed by atoms with E-state index in [2.05, 4.69) is 29.2 Å². The zero-order valence-electron chi connectivity index (χ0n) is 12.2. The molecule has 2 aromatic rings. The van der Waals surface area contributed by atoms with Crippen LogP contribution in [0.4, 0.5) is 5.69 Å². The van der Waals surface area contributed by atoms with Crippen molar-refractivity contribution in [3.05, 3.63) is 36.4 Å². The Balaban J connectivity index is 1.88. The minimum Gasteiger partial charge on any atom is -0.494 e. The first kappa shape index (κ1) is 14.4. The number of hydrogen-bond acceptors (Lipinski definition) is 4. The van der Waals surface area contributed by atoms with Crippen molar-refractivity contribution in [2.45, 2.75) is 39.8 Å². The molecule has 0 radical (unpaired) electrons. The first-order chi connectivity index (χ1) is 9.83. The molecule has 0 spiro atoms. The van der Waals surface area contributed by atoms with Gasteiger partial charge in [-0.3, -0.25) is 0 Å². The Morgan fingerprint density at radius 3 is 2.65 bits per heavy atom. The van der Waals surface area contributed by atoms with Gasteiger partial charge in [0.15, 0.2) is 0 Å². The van der Waals surface area contributed by atoms with Crippen LogP contribution < -0.4 is 10.1 Å². The van der Waals surface area contributed by atoms with Gasteiger partial charge >= 0.3 is 0 Å². The summed E-state index contributed by atoms with van der Waals surface area (Å²) in [6.07, 6.45) is 3.68. The van der Waals surface area contributed by atoms with Gasteiger partial charge in [-0.15, -0.1) is 0 Å². The van der Waals surface area contributed by atoms with E-state index in [9.17, 15) is 0 Å². The average molecular weight is 274 g/mol. The van der Waals surface area contributed by atoms with Gasteiger partial charge < -0.3 is 10.1 Å². The van der Waals surface area contributed by atoms with Gasteiger partial charge in [-0.25, -0.2) is 9.67 Å². The molecule has 0 aliphatic heterocycles. The lowest BCUT2D eigenvalue weighted by Gasteiger charge is -2.09. The third kappa shape index (κ3) is 3.98. The smallest absolute Gasteiger partial charge is 0.146 e. The normalized spacial score (nSPS) is 10.5. The molecule has 1 heterocycles. The summed E-state index contributed by atoms with van der Waals surface area (Å²) >= 11 is 0. The second-order valence-electron chi connectivity index (χ2n) is 4.63. The fourth-order valence-corrected chi connectivity index (χ4v) is 1.89. The molecule has 0 aliphatic rings. The molecular formula is C15H22N4O. The molecular weight excluding hydrogens is 252 g/mol. The summed E-state index contributed by atoms with van der Waals surface area (Å²) in [5, 5.41) is 7.56. The molecule has 0 aliphatic carbocycles. The Bertz CT molecular complexity index is 507. The Morgan fingerprint density at radius 2 is 1.95 bits per heavy atom. The molecule has 0 fully saturated rings. The Kier molecular flexibility index (Phi) is 5.41. The minimum atomic E-state index is 0.676. The lowest BCUT2D eigenvalue weighted by Crippen LogP contribution is -2.10. The lowest BCUT2D eigenvalue weighted by atomic mass is 10.3. The summed E-state index contributed by atoms with van der Waals surface area (Å²) < 4.78 is 7.49. The highest BCUT2D eigenvalue weighted by Gasteiger charge is 2.03. The summed E-state index contributed by atoms with van der Waals surface area (Å²) in [6.45, 7) is 6.57. The van der Waals surface area contributed by atoms with E-state index in [1.54, 1.807) is 6.33 Å². The Labute approximate surface area is 120 Å². The van der Waals surface area contributed by atoms with E-state index < -0.39 is 0 Å².